The lowest BCUT2D eigenvalue weighted by Gasteiger charge is -2.43. The maximum Gasteiger partial charge on any atom is 0.0581 e. The van der Waals surface area contributed by atoms with E-state index in [-0.39, 0.29) is 6.10 Å². The predicted octanol–water partition coefficient (Wildman–Crippen LogP) is 3.15. The number of hydrogen-bond donors (Lipinski definition) is 1. The zero-order chi connectivity index (χ0) is 13.3. The molecule has 2 fully saturated rings. The van der Waals surface area contributed by atoms with Gasteiger partial charge in [-0.05, 0) is 55.4 Å². The van der Waals surface area contributed by atoms with Crippen molar-refractivity contribution in [1.29, 1.82) is 0 Å². The molecular formula is C16H31NO. The molecule has 1 N–H and O–H groups in total. The molecule has 0 bridgehead atoms. The van der Waals surface area contributed by atoms with Crippen LogP contribution in [0.5, 0.6) is 0 Å². The first-order chi connectivity index (χ1) is 8.37. The van der Waals surface area contributed by atoms with Crippen molar-refractivity contribution in [2.45, 2.75) is 59.5 Å². The molecule has 0 aromatic rings. The molecule has 4 unspecified atom stereocenters. The molecule has 1 heterocycles. The van der Waals surface area contributed by atoms with Crippen LogP contribution >= 0.6 is 0 Å². The largest absolute Gasteiger partial charge is 0.393 e. The fourth-order valence-electron chi connectivity index (χ4n) is 3.76. The van der Waals surface area contributed by atoms with Gasteiger partial charge in [-0.2, -0.15) is 0 Å². The molecule has 1 saturated heterocycles. The Balaban J connectivity index is 1.88. The van der Waals surface area contributed by atoms with Gasteiger partial charge in [-0.3, -0.25) is 0 Å². The third-order valence-electron chi connectivity index (χ3n) is 5.39. The van der Waals surface area contributed by atoms with Crippen LogP contribution in [0.4, 0.5) is 0 Å². The highest BCUT2D eigenvalue weighted by atomic mass is 16.3. The normalized spacial score (nSPS) is 41.8. The number of likely N-dealkylation sites (tertiary alicyclic amines) is 1. The Morgan fingerprint density at radius 2 is 1.89 bits per heavy atom. The summed E-state index contributed by atoms with van der Waals surface area (Å²) in [6.45, 7) is 13.0. The zero-order valence-electron chi connectivity index (χ0n) is 12.7. The van der Waals surface area contributed by atoms with E-state index in [9.17, 15) is 5.11 Å². The van der Waals surface area contributed by atoms with Crippen LogP contribution in [0, 0.1) is 23.2 Å². The Bertz CT molecular complexity index is 276. The number of aliphatic hydroxyl groups excluding tert-OH is 1. The SMILES string of the molecule is CC1CCN(CC2CC(C)(C)CCC2O)CC1C. The first-order valence-corrected chi connectivity index (χ1v) is 7.78. The number of piperidine rings is 1. The molecule has 2 nitrogen and oxygen atoms in total. The Hall–Kier alpha value is -0.0800. The summed E-state index contributed by atoms with van der Waals surface area (Å²) >= 11 is 0. The molecule has 1 saturated carbocycles. The summed E-state index contributed by atoms with van der Waals surface area (Å²) in [7, 11) is 0. The second-order valence-electron chi connectivity index (χ2n) is 7.74. The van der Waals surface area contributed by atoms with E-state index in [0.29, 0.717) is 11.3 Å². The quantitative estimate of drug-likeness (QED) is 0.817. The summed E-state index contributed by atoms with van der Waals surface area (Å²) in [5.41, 5.74) is 0.429. The molecule has 0 aromatic heterocycles. The van der Waals surface area contributed by atoms with Gasteiger partial charge < -0.3 is 10.0 Å². The Kier molecular flexibility index (Phi) is 4.38. The van der Waals surface area contributed by atoms with Gasteiger partial charge in [0.15, 0.2) is 0 Å². The maximum absolute atomic E-state index is 10.2. The van der Waals surface area contributed by atoms with Gasteiger partial charge >= 0.3 is 0 Å². The van der Waals surface area contributed by atoms with Crippen LogP contribution in [0.25, 0.3) is 0 Å². The fourth-order valence-corrected chi connectivity index (χ4v) is 3.76. The van der Waals surface area contributed by atoms with Gasteiger partial charge in [-0.15, -0.1) is 0 Å². The Morgan fingerprint density at radius 3 is 2.56 bits per heavy atom. The van der Waals surface area contributed by atoms with E-state index in [2.05, 4.69) is 32.6 Å². The van der Waals surface area contributed by atoms with E-state index in [4.69, 9.17) is 0 Å². The molecule has 2 rings (SSSR count). The molecule has 0 spiro atoms. The first kappa shape index (κ1) is 14.3. The smallest absolute Gasteiger partial charge is 0.0581 e. The maximum atomic E-state index is 10.2. The lowest BCUT2D eigenvalue weighted by molar-refractivity contribution is -0.00501. The van der Waals surface area contributed by atoms with Crippen molar-refractivity contribution in [3.8, 4) is 0 Å². The van der Waals surface area contributed by atoms with Crippen molar-refractivity contribution in [2.75, 3.05) is 19.6 Å². The third-order valence-corrected chi connectivity index (χ3v) is 5.39. The van der Waals surface area contributed by atoms with Gasteiger partial charge in [0.25, 0.3) is 0 Å². The van der Waals surface area contributed by atoms with Gasteiger partial charge in [0.1, 0.15) is 0 Å². The van der Waals surface area contributed by atoms with E-state index in [1.54, 1.807) is 0 Å². The molecule has 2 heteroatoms. The molecule has 1 aliphatic carbocycles. The predicted molar refractivity (Wildman–Crippen MR) is 76.5 cm³/mol. The fraction of sp³-hybridized carbons (Fsp3) is 1.00. The van der Waals surface area contributed by atoms with Crippen molar-refractivity contribution in [1.82, 2.24) is 4.90 Å². The van der Waals surface area contributed by atoms with Crippen LogP contribution in [0.15, 0.2) is 0 Å². The van der Waals surface area contributed by atoms with Crippen molar-refractivity contribution >= 4 is 0 Å². The zero-order valence-corrected chi connectivity index (χ0v) is 12.7. The lowest BCUT2D eigenvalue weighted by Crippen LogP contribution is -2.45. The summed E-state index contributed by atoms with van der Waals surface area (Å²) in [5, 5.41) is 10.2. The van der Waals surface area contributed by atoms with Crippen molar-refractivity contribution in [3.63, 3.8) is 0 Å². The van der Waals surface area contributed by atoms with Gasteiger partial charge in [-0.1, -0.05) is 27.7 Å². The molecular weight excluding hydrogens is 222 g/mol. The number of hydrogen-bond acceptors (Lipinski definition) is 2. The van der Waals surface area contributed by atoms with Crippen LogP contribution in [-0.4, -0.2) is 35.7 Å². The molecule has 106 valence electrons. The average Bonchev–Trinajstić information content (AvgIpc) is 2.28. The third kappa shape index (κ3) is 3.48. The number of nitrogens with zero attached hydrogens (tertiary/aromatic N) is 1. The summed E-state index contributed by atoms with van der Waals surface area (Å²) < 4.78 is 0. The van der Waals surface area contributed by atoms with Crippen LogP contribution < -0.4 is 0 Å². The molecule has 0 radical (unpaired) electrons. The monoisotopic (exact) mass is 253 g/mol. The van der Waals surface area contributed by atoms with E-state index >= 15 is 0 Å². The number of rotatable bonds is 2. The minimum absolute atomic E-state index is 0.0623. The average molecular weight is 253 g/mol. The van der Waals surface area contributed by atoms with Crippen molar-refractivity contribution < 1.29 is 5.11 Å². The summed E-state index contributed by atoms with van der Waals surface area (Å²) in [6, 6.07) is 0. The van der Waals surface area contributed by atoms with E-state index in [0.717, 1.165) is 24.8 Å². The number of aliphatic hydroxyl groups is 1. The van der Waals surface area contributed by atoms with Crippen molar-refractivity contribution in [2.24, 2.45) is 23.2 Å². The highest BCUT2D eigenvalue weighted by molar-refractivity contribution is 4.87. The van der Waals surface area contributed by atoms with Gasteiger partial charge in [0.05, 0.1) is 6.10 Å². The summed E-state index contributed by atoms with van der Waals surface area (Å²) in [5.74, 6) is 2.18. The lowest BCUT2D eigenvalue weighted by atomic mass is 9.70. The minimum Gasteiger partial charge on any atom is -0.393 e. The highest BCUT2D eigenvalue weighted by Gasteiger charge is 2.35. The molecule has 0 aromatic carbocycles. The first-order valence-electron chi connectivity index (χ1n) is 7.78. The van der Waals surface area contributed by atoms with E-state index < -0.39 is 0 Å². The van der Waals surface area contributed by atoms with Crippen LogP contribution in [0.3, 0.4) is 0 Å². The summed E-state index contributed by atoms with van der Waals surface area (Å²) in [4.78, 5) is 2.60. The molecule has 0 amide bonds. The van der Waals surface area contributed by atoms with Crippen molar-refractivity contribution in [3.05, 3.63) is 0 Å². The van der Waals surface area contributed by atoms with Gasteiger partial charge in [-0.25, -0.2) is 0 Å². The summed E-state index contributed by atoms with van der Waals surface area (Å²) in [6.07, 6.45) is 4.63. The molecule has 4 atom stereocenters. The molecule has 18 heavy (non-hydrogen) atoms. The van der Waals surface area contributed by atoms with E-state index in [1.165, 1.54) is 32.4 Å². The van der Waals surface area contributed by atoms with E-state index in [1.807, 2.05) is 0 Å². The Morgan fingerprint density at radius 1 is 1.17 bits per heavy atom. The second-order valence-corrected chi connectivity index (χ2v) is 7.74. The standard InChI is InChI=1S/C16H31NO/c1-12-6-8-17(10-13(12)2)11-14-9-16(3,4)7-5-15(14)18/h12-15,18H,5-11H2,1-4H3. The second kappa shape index (κ2) is 5.50. The van der Waals surface area contributed by atoms with Gasteiger partial charge in [0.2, 0.25) is 0 Å². The highest BCUT2D eigenvalue weighted by Crippen LogP contribution is 2.39. The Labute approximate surface area is 113 Å². The minimum atomic E-state index is -0.0623. The topological polar surface area (TPSA) is 23.5 Å². The molecule has 1 aliphatic heterocycles. The molecule has 2 aliphatic rings. The van der Waals surface area contributed by atoms with Crippen LogP contribution in [-0.2, 0) is 0 Å². The van der Waals surface area contributed by atoms with Crippen LogP contribution in [0.1, 0.15) is 53.4 Å². The van der Waals surface area contributed by atoms with Crippen LogP contribution in [0.2, 0.25) is 0 Å². The van der Waals surface area contributed by atoms with Gasteiger partial charge in [0, 0.05) is 13.1 Å².